The molecule has 0 spiro atoms. The Balaban J connectivity index is 2.00. The molecular weight excluding hydrogens is 370 g/mol. The van der Waals surface area contributed by atoms with Crippen LogP contribution in [-0.4, -0.2) is 51.3 Å². The van der Waals surface area contributed by atoms with Gasteiger partial charge in [-0.15, -0.1) is 11.8 Å². The Hall–Kier alpha value is -2.88. The second kappa shape index (κ2) is 8.67. The first-order valence-corrected chi connectivity index (χ1v) is 9.32. The third kappa shape index (κ3) is 4.85. The normalized spacial score (nSPS) is 10.5. The summed E-state index contributed by atoms with van der Waals surface area (Å²) in [6.07, 6.45) is 1.91. The van der Waals surface area contributed by atoms with Gasteiger partial charge in [0, 0.05) is 11.9 Å². The molecule has 2 rings (SSSR count). The maximum absolute atomic E-state index is 12.4. The molecule has 9 nitrogen and oxygen atoms in total. The van der Waals surface area contributed by atoms with Crippen molar-refractivity contribution in [2.45, 2.75) is 25.3 Å². The van der Waals surface area contributed by atoms with Gasteiger partial charge in [0.05, 0.1) is 17.2 Å². The lowest BCUT2D eigenvalue weighted by Gasteiger charge is -2.17. The number of nitro groups is 1. The average Bonchev–Trinajstić information content (AvgIpc) is 2.88. The number of anilines is 1. The van der Waals surface area contributed by atoms with Gasteiger partial charge in [-0.1, -0.05) is 12.1 Å². The number of nitrogens with zero attached hydrogens (tertiary/aromatic N) is 4. The smallest absolute Gasteiger partial charge is 0.312 e. The van der Waals surface area contributed by atoms with Gasteiger partial charge in [-0.05, 0) is 32.2 Å². The van der Waals surface area contributed by atoms with Crippen LogP contribution in [0.1, 0.15) is 11.4 Å². The van der Waals surface area contributed by atoms with Gasteiger partial charge in [0.15, 0.2) is 0 Å². The summed E-state index contributed by atoms with van der Waals surface area (Å²) in [5, 5.41) is 17.9. The van der Waals surface area contributed by atoms with Crippen LogP contribution in [0.25, 0.3) is 0 Å². The Morgan fingerprint density at radius 2 is 2.00 bits per heavy atom. The van der Waals surface area contributed by atoms with Gasteiger partial charge < -0.3 is 10.2 Å². The first-order chi connectivity index (χ1) is 12.7. The molecule has 10 heteroatoms. The minimum absolute atomic E-state index is 0.100. The number of nitrogens with one attached hydrogen (secondary N) is 1. The number of aryl methyl sites for hydroxylation is 1. The fourth-order valence-electron chi connectivity index (χ4n) is 2.60. The fraction of sp³-hybridized carbons (Fsp3) is 0.353. The molecule has 0 radical (unpaired) electrons. The molecule has 2 amide bonds. The van der Waals surface area contributed by atoms with Crippen LogP contribution in [0.15, 0.2) is 29.2 Å². The maximum atomic E-state index is 12.4. The largest absolute Gasteiger partial charge is 0.335 e. The number of likely N-dealkylation sites (N-methyl/N-ethyl adjacent to an activating group) is 1. The van der Waals surface area contributed by atoms with Crippen LogP contribution in [0.3, 0.4) is 0 Å². The van der Waals surface area contributed by atoms with Gasteiger partial charge in [0.25, 0.3) is 0 Å². The summed E-state index contributed by atoms with van der Waals surface area (Å²) in [5.41, 5.74) is 1.14. The van der Waals surface area contributed by atoms with Crippen molar-refractivity contribution in [3.05, 3.63) is 45.8 Å². The predicted octanol–water partition coefficient (Wildman–Crippen LogP) is 2.23. The average molecular weight is 391 g/mol. The molecule has 0 aliphatic carbocycles. The first kappa shape index (κ1) is 20.4. The third-order valence-corrected chi connectivity index (χ3v) is 4.79. The summed E-state index contributed by atoms with van der Waals surface area (Å²) in [4.78, 5) is 37.3. The maximum Gasteiger partial charge on any atom is 0.312 e. The Kier molecular flexibility index (Phi) is 6.56. The molecule has 0 fully saturated rings. The minimum atomic E-state index is -0.515. The number of aromatic nitrogens is 2. The van der Waals surface area contributed by atoms with Gasteiger partial charge in [0.2, 0.25) is 11.8 Å². The molecule has 1 N–H and O–H groups in total. The fourth-order valence-corrected chi connectivity index (χ4v) is 3.15. The summed E-state index contributed by atoms with van der Waals surface area (Å²) in [6, 6.07) is 7.39. The summed E-state index contributed by atoms with van der Waals surface area (Å²) in [7, 11) is 1.50. The van der Waals surface area contributed by atoms with Crippen molar-refractivity contribution in [1.82, 2.24) is 14.7 Å². The van der Waals surface area contributed by atoms with Crippen molar-refractivity contribution in [2.24, 2.45) is 0 Å². The number of benzene rings is 1. The van der Waals surface area contributed by atoms with Crippen LogP contribution in [0, 0.1) is 24.0 Å². The van der Waals surface area contributed by atoms with E-state index in [0.717, 1.165) is 4.90 Å². The highest BCUT2D eigenvalue weighted by molar-refractivity contribution is 7.98. The van der Waals surface area contributed by atoms with Crippen molar-refractivity contribution >= 4 is 35.0 Å². The molecule has 0 atom stereocenters. The lowest BCUT2D eigenvalue weighted by Crippen LogP contribution is -2.37. The lowest BCUT2D eigenvalue weighted by atomic mass is 10.3. The number of hydrogen-bond acceptors (Lipinski definition) is 6. The molecule has 27 heavy (non-hydrogen) atoms. The number of amides is 2. The molecule has 0 saturated carbocycles. The van der Waals surface area contributed by atoms with E-state index in [1.54, 1.807) is 6.07 Å². The highest BCUT2D eigenvalue weighted by atomic mass is 32.2. The molecule has 2 aromatic rings. The van der Waals surface area contributed by atoms with Crippen molar-refractivity contribution in [3.63, 3.8) is 0 Å². The molecule has 1 aromatic carbocycles. The predicted molar refractivity (Wildman–Crippen MR) is 103 cm³/mol. The molecule has 1 aromatic heterocycles. The van der Waals surface area contributed by atoms with Crippen LogP contribution in [0.5, 0.6) is 0 Å². The zero-order chi connectivity index (χ0) is 20.1. The monoisotopic (exact) mass is 391 g/mol. The van der Waals surface area contributed by atoms with Crippen molar-refractivity contribution in [2.75, 3.05) is 25.2 Å². The van der Waals surface area contributed by atoms with Gasteiger partial charge >= 0.3 is 5.69 Å². The Morgan fingerprint density at radius 3 is 2.59 bits per heavy atom. The van der Waals surface area contributed by atoms with Gasteiger partial charge in [0.1, 0.15) is 17.9 Å². The quantitative estimate of drug-likeness (QED) is 0.440. The number of hydrogen-bond donors (Lipinski definition) is 1. The van der Waals surface area contributed by atoms with Crippen LogP contribution in [-0.2, 0) is 16.1 Å². The molecule has 0 bridgehead atoms. The van der Waals surface area contributed by atoms with E-state index in [4.69, 9.17) is 0 Å². The molecular formula is C17H21N5O4S. The van der Waals surface area contributed by atoms with E-state index in [9.17, 15) is 19.7 Å². The molecule has 0 saturated heterocycles. The van der Waals surface area contributed by atoms with Gasteiger partial charge in [-0.25, -0.2) is 0 Å². The molecule has 144 valence electrons. The van der Waals surface area contributed by atoms with Crippen LogP contribution in [0.2, 0.25) is 0 Å². The van der Waals surface area contributed by atoms with Crippen molar-refractivity contribution in [3.8, 4) is 0 Å². The highest BCUT2D eigenvalue weighted by Crippen LogP contribution is 2.24. The summed E-state index contributed by atoms with van der Waals surface area (Å²) in [6.45, 7) is 2.75. The van der Waals surface area contributed by atoms with Crippen LogP contribution in [0.4, 0.5) is 11.4 Å². The molecule has 1 heterocycles. The Bertz CT molecular complexity index is 880. The second-order valence-electron chi connectivity index (χ2n) is 5.93. The lowest BCUT2D eigenvalue weighted by molar-refractivity contribution is -0.386. The summed E-state index contributed by atoms with van der Waals surface area (Å²) in [5.74, 6) is -0.699. The number of rotatable bonds is 7. The third-order valence-electron chi connectivity index (χ3n) is 4.00. The summed E-state index contributed by atoms with van der Waals surface area (Å²) >= 11 is 1.51. The zero-order valence-corrected chi connectivity index (χ0v) is 16.4. The van der Waals surface area contributed by atoms with E-state index in [2.05, 4.69) is 10.4 Å². The topological polar surface area (TPSA) is 110 Å². The van der Waals surface area contributed by atoms with Gasteiger partial charge in [-0.3, -0.25) is 24.4 Å². The highest BCUT2D eigenvalue weighted by Gasteiger charge is 2.24. The summed E-state index contributed by atoms with van der Waals surface area (Å²) < 4.78 is 1.28. The van der Waals surface area contributed by atoms with E-state index in [-0.39, 0.29) is 36.3 Å². The Labute approximate surface area is 160 Å². The number of thioether (sulfide) groups is 1. The second-order valence-corrected chi connectivity index (χ2v) is 6.78. The minimum Gasteiger partial charge on any atom is -0.335 e. The van der Waals surface area contributed by atoms with Crippen molar-refractivity contribution < 1.29 is 14.5 Å². The van der Waals surface area contributed by atoms with E-state index in [1.807, 2.05) is 24.5 Å². The van der Waals surface area contributed by atoms with E-state index >= 15 is 0 Å². The van der Waals surface area contributed by atoms with Crippen LogP contribution >= 0.6 is 11.8 Å². The first-order valence-electron chi connectivity index (χ1n) is 8.09. The van der Waals surface area contributed by atoms with Crippen LogP contribution < -0.4 is 5.32 Å². The van der Waals surface area contributed by atoms with Gasteiger partial charge in [-0.2, -0.15) is 5.10 Å². The molecule has 0 unspecified atom stereocenters. The van der Waals surface area contributed by atoms with E-state index in [1.165, 1.54) is 42.2 Å². The number of carbonyl (C=O) groups excluding carboxylic acids is 2. The zero-order valence-electron chi connectivity index (χ0n) is 15.6. The standard InChI is InChI=1S/C17H21N5O4S/c1-11-17(22(25)26)12(2)21(19-11)10-16(24)20(3)9-15(23)18-13-7-5-6-8-14(13)27-4/h5-8H,9-10H2,1-4H3,(H,18,23). The number of carbonyl (C=O) groups is 2. The van der Waals surface area contributed by atoms with Crippen molar-refractivity contribution in [1.29, 1.82) is 0 Å². The van der Waals surface area contributed by atoms with E-state index < -0.39 is 4.92 Å². The molecule has 0 aliphatic rings. The number of para-hydroxylation sites is 1. The van der Waals surface area contributed by atoms with E-state index in [0.29, 0.717) is 11.4 Å². The molecule has 0 aliphatic heterocycles. The Morgan fingerprint density at radius 1 is 1.33 bits per heavy atom. The SMILES string of the molecule is CSc1ccccc1NC(=O)CN(C)C(=O)Cn1nc(C)c([N+](=O)[O-])c1C.